The van der Waals surface area contributed by atoms with Gasteiger partial charge in [-0.05, 0) is 18.5 Å². The fourth-order valence-electron chi connectivity index (χ4n) is 2.21. The van der Waals surface area contributed by atoms with Crippen LogP contribution in [0, 0.1) is 5.95 Å². The van der Waals surface area contributed by atoms with Crippen LogP contribution in [0.15, 0.2) is 11.6 Å². The summed E-state index contributed by atoms with van der Waals surface area (Å²) in [5, 5.41) is 3.42. The van der Waals surface area contributed by atoms with E-state index in [9.17, 15) is 4.39 Å². The van der Waals surface area contributed by atoms with Crippen LogP contribution in [0.5, 0.6) is 0 Å². The van der Waals surface area contributed by atoms with E-state index in [-0.39, 0.29) is 5.95 Å². The number of likely N-dealkylation sites (N-methyl/N-ethyl adjacent to an activating group) is 1. The molecular formula is C14H23FN2. The van der Waals surface area contributed by atoms with E-state index in [1.807, 2.05) is 13.8 Å². The smallest absolute Gasteiger partial charge is 0.191 e. The molecule has 1 aromatic heterocycles. The third-order valence-corrected chi connectivity index (χ3v) is 2.96. The van der Waals surface area contributed by atoms with Gasteiger partial charge in [0.1, 0.15) is 0 Å². The Bertz CT molecular complexity index is 380. The van der Waals surface area contributed by atoms with Crippen molar-refractivity contribution >= 4 is 6.08 Å². The summed E-state index contributed by atoms with van der Waals surface area (Å²) in [7, 11) is 0. The predicted octanol–water partition coefficient (Wildman–Crippen LogP) is 3.51. The van der Waals surface area contributed by atoms with Crippen molar-refractivity contribution in [3.05, 3.63) is 28.8 Å². The maximum atomic E-state index is 13.0. The van der Waals surface area contributed by atoms with Crippen LogP contribution in [0.4, 0.5) is 4.39 Å². The number of H-pyrrole nitrogens is 1. The number of hydrogen-bond donors (Lipinski definition) is 2. The Kier molecular flexibility index (Phi) is 5.42. The minimum atomic E-state index is -0.233. The summed E-state index contributed by atoms with van der Waals surface area (Å²) >= 11 is 0. The molecule has 1 heterocycles. The van der Waals surface area contributed by atoms with Crippen molar-refractivity contribution in [3.8, 4) is 0 Å². The first kappa shape index (κ1) is 14.0. The average molecular weight is 238 g/mol. The number of halogens is 1. The molecule has 0 fully saturated rings. The molecule has 0 spiro atoms. The topological polar surface area (TPSA) is 27.8 Å². The van der Waals surface area contributed by atoms with Gasteiger partial charge in [-0.25, -0.2) is 0 Å². The van der Waals surface area contributed by atoms with Crippen LogP contribution in [0.3, 0.4) is 0 Å². The summed E-state index contributed by atoms with van der Waals surface area (Å²) < 4.78 is 13.0. The minimum absolute atomic E-state index is 0.233. The second kappa shape index (κ2) is 6.60. The molecule has 17 heavy (non-hydrogen) atoms. The van der Waals surface area contributed by atoms with Gasteiger partial charge in [-0.15, -0.1) is 0 Å². The van der Waals surface area contributed by atoms with Crippen LogP contribution in [0.25, 0.3) is 6.08 Å². The van der Waals surface area contributed by atoms with E-state index in [1.54, 1.807) is 6.07 Å². The molecule has 2 nitrogen and oxygen atoms in total. The zero-order chi connectivity index (χ0) is 12.8. The normalized spacial score (nSPS) is 17.9. The molecule has 2 rings (SSSR count). The fourth-order valence-corrected chi connectivity index (χ4v) is 2.21. The van der Waals surface area contributed by atoms with Gasteiger partial charge < -0.3 is 10.3 Å². The molecule has 0 saturated carbocycles. The van der Waals surface area contributed by atoms with Crippen molar-refractivity contribution in [2.45, 2.75) is 46.6 Å². The lowest BCUT2D eigenvalue weighted by Crippen LogP contribution is -2.34. The highest BCUT2D eigenvalue weighted by molar-refractivity contribution is 5.60. The molecule has 0 aliphatic heterocycles. The van der Waals surface area contributed by atoms with E-state index in [0.29, 0.717) is 6.04 Å². The molecule has 1 aromatic rings. The standard InChI is InChI=1S/C12H17FN2.C2H6/c1-3-8-5-9-6-12(13)15-11(9)7-10(8)14-4-2;1-2/h5-6,10,14-15H,3-4,7H2,1-2H3;1-2H3. The Morgan fingerprint density at radius 1 is 1.41 bits per heavy atom. The first-order valence-electron chi connectivity index (χ1n) is 6.55. The lowest BCUT2D eigenvalue weighted by molar-refractivity contribution is 0.554. The molecule has 96 valence electrons. The van der Waals surface area contributed by atoms with Crippen molar-refractivity contribution < 1.29 is 4.39 Å². The second-order valence-electron chi connectivity index (χ2n) is 3.94. The Morgan fingerprint density at radius 3 is 2.71 bits per heavy atom. The van der Waals surface area contributed by atoms with E-state index in [4.69, 9.17) is 0 Å². The van der Waals surface area contributed by atoms with E-state index < -0.39 is 0 Å². The highest BCUT2D eigenvalue weighted by Gasteiger charge is 2.21. The van der Waals surface area contributed by atoms with E-state index in [0.717, 1.165) is 30.6 Å². The highest BCUT2D eigenvalue weighted by Crippen LogP contribution is 2.26. The Balaban J connectivity index is 0.000000686. The maximum Gasteiger partial charge on any atom is 0.191 e. The Labute approximate surface area is 103 Å². The minimum Gasteiger partial charge on any atom is -0.335 e. The Morgan fingerprint density at radius 2 is 2.12 bits per heavy atom. The maximum absolute atomic E-state index is 13.0. The fraction of sp³-hybridized carbons (Fsp3) is 0.571. The molecular weight excluding hydrogens is 215 g/mol. The number of hydrogen-bond acceptors (Lipinski definition) is 1. The van der Waals surface area contributed by atoms with Gasteiger partial charge in [0.2, 0.25) is 0 Å². The molecule has 0 radical (unpaired) electrons. The number of aromatic amines is 1. The van der Waals surface area contributed by atoms with Crippen molar-refractivity contribution in [1.82, 2.24) is 10.3 Å². The van der Waals surface area contributed by atoms with Gasteiger partial charge in [-0.1, -0.05) is 39.3 Å². The van der Waals surface area contributed by atoms with Crippen LogP contribution in [0.2, 0.25) is 0 Å². The number of rotatable bonds is 3. The lowest BCUT2D eigenvalue weighted by atomic mass is 9.91. The SMILES string of the molecule is CC.CCNC1Cc2[nH]c(F)cc2C=C1CC. The molecule has 0 bridgehead atoms. The predicted molar refractivity (Wildman–Crippen MR) is 71.5 cm³/mol. The highest BCUT2D eigenvalue weighted by atomic mass is 19.1. The molecule has 1 atom stereocenters. The molecule has 2 N–H and O–H groups in total. The van der Waals surface area contributed by atoms with Crippen LogP contribution >= 0.6 is 0 Å². The summed E-state index contributed by atoms with van der Waals surface area (Å²) in [6, 6.07) is 1.94. The van der Waals surface area contributed by atoms with Gasteiger partial charge >= 0.3 is 0 Å². The van der Waals surface area contributed by atoms with E-state index in [1.165, 1.54) is 5.57 Å². The second-order valence-corrected chi connectivity index (χ2v) is 3.94. The molecule has 0 amide bonds. The van der Waals surface area contributed by atoms with Crippen molar-refractivity contribution in [1.29, 1.82) is 0 Å². The largest absolute Gasteiger partial charge is 0.335 e. The van der Waals surface area contributed by atoms with Crippen LogP contribution in [-0.2, 0) is 6.42 Å². The zero-order valence-electron chi connectivity index (χ0n) is 11.2. The first-order valence-corrected chi connectivity index (χ1v) is 6.55. The Hall–Kier alpha value is -1.09. The van der Waals surface area contributed by atoms with Crippen molar-refractivity contribution in [2.75, 3.05) is 6.54 Å². The molecule has 1 unspecified atom stereocenters. The third-order valence-electron chi connectivity index (χ3n) is 2.96. The van der Waals surface area contributed by atoms with Gasteiger partial charge in [0.25, 0.3) is 0 Å². The van der Waals surface area contributed by atoms with Crippen LogP contribution < -0.4 is 5.32 Å². The third kappa shape index (κ3) is 3.19. The van der Waals surface area contributed by atoms with Crippen molar-refractivity contribution in [2.24, 2.45) is 0 Å². The summed E-state index contributed by atoms with van der Waals surface area (Å²) in [5.74, 6) is -0.233. The molecule has 1 aliphatic rings. The van der Waals surface area contributed by atoms with Crippen molar-refractivity contribution in [3.63, 3.8) is 0 Å². The van der Waals surface area contributed by atoms with E-state index >= 15 is 0 Å². The summed E-state index contributed by atoms with van der Waals surface area (Å²) in [5.41, 5.74) is 3.39. The molecule has 0 aromatic carbocycles. The van der Waals surface area contributed by atoms with E-state index in [2.05, 4.69) is 30.2 Å². The molecule has 0 saturated heterocycles. The quantitative estimate of drug-likeness (QED) is 0.828. The summed E-state index contributed by atoms with van der Waals surface area (Å²) in [4.78, 5) is 2.78. The first-order chi connectivity index (χ1) is 8.24. The van der Waals surface area contributed by atoms with Gasteiger partial charge in [-0.3, -0.25) is 0 Å². The van der Waals surface area contributed by atoms with Crippen LogP contribution in [0.1, 0.15) is 45.4 Å². The monoisotopic (exact) mass is 238 g/mol. The zero-order valence-corrected chi connectivity index (χ0v) is 11.2. The molecule has 3 heteroatoms. The lowest BCUT2D eigenvalue weighted by Gasteiger charge is -2.24. The number of aromatic nitrogens is 1. The summed E-state index contributed by atoms with van der Waals surface area (Å²) in [6.07, 6.45) is 3.99. The molecule has 1 aliphatic carbocycles. The van der Waals surface area contributed by atoms with Crippen LogP contribution in [-0.4, -0.2) is 17.6 Å². The van der Waals surface area contributed by atoms with Gasteiger partial charge in [0.15, 0.2) is 5.95 Å². The number of fused-ring (bicyclic) bond motifs is 1. The number of nitrogens with one attached hydrogen (secondary N) is 2. The van der Waals surface area contributed by atoms with Gasteiger partial charge in [0, 0.05) is 24.2 Å². The summed E-state index contributed by atoms with van der Waals surface area (Å²) in [6.45, 7) is 9.18. The average Bonchev–Trinajstić information content (AvgIpc) is 2.70. The van der Waals surface area contributed by atoms with Gasteiger partial charge in [0.05, 0.1) is 0 Å². The van der Waals surface area contributed by atoms with Gasteiger partial charge in [-0.2, -0.15) is 4.39 Å².